The Labute approximate surface area is 68.7 Å². The number of alkyl halides is 2. The normalized spacial score (nSPS) is 10.0. The number of hydrogen-bond donors (Lipinski definition) is 0. The van der Waals surface area contributed by atoms with Crippen molar-refractivity contribution in [2.75, 3.05) is 7.11 Å². The number of benzene rings is 1. The number of hydrogen-bond acceptors (Lipinski definition) is 2. The molecule has 0 heterocycles. The monoisotopic (exact) mass is 173 g/mol. The van der Waals surface area contributed by atoms with Gasteiger partial charge in [0.2, 0.25) is 0 Å². The molecule has 65 valence electrons. The van der Waals surface area contributed by atoms with E-state index in [2.05, 4.69) is 10.8 Å². The first-order valence-electron chi connectivity index (χ1n) is 3.23. The fraction of sp³-hybridized carbons (Fsp3) is 0.250. The Balaban J connectivity index is 2.82. The summed E-state index contributed by atoms with van der Waals surface area (Å²) in [5.74, 6) is 0.268. The molecule has 0 bridgehead atoms. The van der Waals surface area contributed by atoms with Crippen LogP contribution >= 0.6 is 0 Å². The molecule has 0 aromatic heterocycles. The summed E-state index contributed by atoms with van der Waals surface area (Å²) >= 11 is 0. The Bertz CT molecular complexity index is 251. The molecule has 0 atom stereocenters. The lowest BCUT2D eigenvalue weighted by molar-refractivity contribution is -0.0512. The third kappa shape index (κ3) is 2.08. The molecular weight excluding hydrogens is 166 g/mol. The zero-order chi connectivity index (χ0) is 8.97. The van der Waals surface area contributed by atoms with Gasteiger partial charge in [-0.3, -0.25) is 0 Å². The summed E-state index contributed by atoms with van der Waals surface area (Å²) in [7, 11) is 1.38. The molecule has 0 aliphatic carbocycles. The summed E-state index contributed by atoms with van der Waals surface area (Å²) in [5.41, 5.74) is 0. The van der Waals surface area contributed by atoms with Gasteiger partial charge in [-0.15, -0.1) is 0 Å². The maximum absolute atomic E-state index is 11.7. The number of methoxy groups -OCH3 is 1. The first kappa shape index (κ1) is 8.77. The Morgan fingerprint density at radius 3 is 2.75 bits per heavy atom. The summed E-state index contributed by atoms with van der Waals surface area (Å²) in [6, 6.07) is 6.95. The lowest BCUT2D eigenvalue weighted by atomic mass is 10.3. The third-order valence-corrected chi connectivity index (χ3v) is 1.22. The highest BCUT2D eigenvalue weighted by Gasteiger charge is 2.08. The second-order valence-electron chi connectivity index (χ2n) is 1.96. The number of ether oxygens (including phenoxy) is 2. The average Bonchev–Trinajstić information content (AvgIpc) is 2.04. The van der Waals surface area contributed by atoms with E-state index in [0.717, 1.165) is 0 Å². The molecule has 0 aliphatic rings. The first-order chi connectivity index (χ1) is 5.74. The van der Waals surface area contributed by atoms with E-state index < -0.39 is 6.61 Å². The second-order valence-corrected chi connectivity index (χ2v) is 1.96. The SMILES string of the molecule is COc1cc[c]cc1OC(F)F. The Morgan fingerprint density at radius 2 is 2.17 bits per heavy atom. The van der Waals surface area contributed by atoms with Gasteiger partial charge in [0.1, 0.15) is 0 Å². The summed E-state index contributed by atoms with van der Waals surface area (Å²) in [5, 5.41) is 0. The van der Waals surface area contributed by atoms with Crippen molar-refractivity contribution in [2.45, 2.75) is 6.61 Å². The van der Waals surface area contributed by atoms with Crippen LogP contribution in [0.5, 0.6) is 11.5 Å². The predicted molar refractivity (Wildman–Crippen MR) is 38.5 cm³/mol. The molecule has 4 heteroatoms. The summed E-state index contributed by atoms with van der Waals surface area (Å²) in [6.07, 6.45) is 0. The molecule has 0 amide bonds. The summed E-state index contributed by atoms with van der Waals surface area (Å²) < 4.78 is 32.4. The molecule has 2 nitrogen and oxygen atoms in total. The van der Waals surface area contributed by atoms with Gasteiger partial charge >= 0.3 is 6.61 Å². The molecule has 0 saturated carbocycles. The van der Waals surface area contributed by atoms with Crippen LogP contribution in [0.25, 0.3) is 0 Å². The van der Waals surface area contributed by atoms with E-state index in [1.165, 1.54) is 19.2 Å². The number of rotatable bonds is 3. The molecule has 0 spiro atoms. The average molecular weight is 173 g/mol. The minimum Gasteiger partial charge on any atom is -0.493 e. The van der Waals surface area contributed by atoms with Crippen LogP contribution in [0.4, 0.5) is 8.78 Å². The molecular formula is C8H7F2O2. The fourth-order valence-corrected chi connectivity index (χ4v) is 0.758. The van der Waals surface area contributed by atoms with Gasteiger partial charge in [-0.1, -0.05) is 6.07 Å². The Morgan fingerprint density at radius 1 is 1.42 bits per heavy atom. The van der Waals surface area contributed by atoms with Crippen LogP contribution in [0.2, 0.25) is 0 Å². The highest BCUT2D eigenvalue weighted by atomic mass is 19.3. The highest BCUT2D eigenvalue weighted by molar-refractivity contribution is 5.38. The lowest BCUT2D eigenvalue weighted by Crippen LogP contribution is -2.03. The van der Waals surface area contributed by atoms with Gasteiger partial charge in [0.05, 0.1) is 7.11 Å². The molecule has 0 fully saturated rings. The van der Waals surface area contributed by atoms with E-state index >= 15 is 0 Å². The molecule has 1 aromatic rings. The third-order valence-electron chi connectivity index (χ3n) is 1.22. The van der Waals surface area contributed by atoms with E-state index in [1.54, 1.807) is 6.07 Å². The quantitative estimate of drug-likeness (QED) is 0.696. The van der Waals surface area contributed by atoms with Crippen molar-refractivity contribution in [3.63, 3.8) is 0 Å². The van der Waals surface area contributed by atoms with Gasteiger partial charge in [0.15, 0.2) is 11.5 Å². The maximum Gasteiger partial charge on any atom is 0.387 e. The van der Waals surface area contributed by atoms with Crippen LogP contribution in [-0.4, -0.2) is 13.7 Å². The first-order valence-corrected chi connectivity index (χ1v) is 3.23. The van der Waals surface area contributed by atoms with Gasteiger partial charge in [-0.2, -0.15) is 8.78 Å². The van der Waals surface area contributed by atoms with E-state index in [9.17, 15) is 8.78 Å². The molecule has 0 aliphatic heterocycles. The van der Waals surface area contributed by atoms with Crippen molar-refractivity contribution < 1.29 is 18.3 Å². The van der Waals surface area contributed by atoms with Crippen molar-refractivity contribution in [1.82, 2.24) is 0 Å². The van der Waals surface area contributed by atoms with Crippen molar-refractivity contribution in [3.8, 4) is 11.5 Å². The Hall–Kier alpha value is -1.32. The van der Waals surface area contributed by atoms with Gasteiger partial charge < -0.3 is 9.47 Å². The van der Waals surface area contributed by atoms with Crippen molar-refractivity contribution >= 4 is 0 Å². The van der Waals surface area contributed by atoms with Gasteiger partial charge in [-0.25, -0.2) is 0 Å². The standard InChI is InChI=1S/C8H7F2O2/c1-11-6-4-2-3-5-7(6)12-8(9)10/h2,4-5,8H,1H3. The van der Waals surface area contributed by atoms with Crippen molar-refractivity contribution in [1.29, 1.82) is 0 Å². The van der Waals surface area contributed by atoms with Crippen molar-refractivity contribution in [3.05, 3.63) is 24.3 Å². The van der Waals surface area contributed by atoms with E-state index in [4.69, 9.17) is 4.74 Å². The summed E-state index contributed by atoms with van der Waals surface area (Å²) in [6.45, 7) is -2.84. The Kier molecular flexibility index (Phi) is 2.85. The molecule has 1 rings (SSSR count). The number of halogens is 2. The van der Waals surface area contributed by atoms with Gasteiger partial charge in [-0.05, 0) is 18.2 Å². The predicted octanol–water partition coefficient (Wildman–Crippen LogP) is 2.10. The minimum atomic E-state index is -2.84. The van der Waals surface area contributed by atoms with Crippen LogP contribution in [0.1, 0.15) is 0 Å². The topological polar surface area (TPSA) is 18.5 Å². The molecule has 0 N–H and O–H groups in total. The van der Waals surface area contributed by atoms with Crippen LogP contribution in [0, 0.1) is 6.07 Å². The van der Waals surface area contributed by atoms with E-state index in [0.29, 0.717) is 0 Å². The van der Waals surface area contributed by atoms with Crippen LogP contribution < -0.4 is 9.47 Å². The lowest BCUT2D eigenvalue weighted by Gasteiger charge is -2.07. The minimum absolute atomic E-state index is 0.00463. The van der Waals surface area contributed by atoms with Gasteiger partial charge in [0, 0.05) is 0 Å². The summed E-state index contributed by atoms with van der Waals surface area (Å²) in [4.78, 5) is 0. The van der Waals surface area contributed by atoms with Gasteiger partial charge in [0.25, 0.3) is 0 Å². The zero-order valence-electron chi connectivity index (χ0n) is 6.38. The molecule has 12 heavy (non-hydrogen) atoms. The molecule has 0 saturated heterocycles. The van der Waals surface area contributed by atoms with E-state index in [1.807, 2.05) is 0 Å². The zero-order valence-corrected chi connectivity index (χ0v) is 6.38. The smallest absolute Gasteiger partial charge is 0.387 e. The van der Waals surface area contributed by atoms with Crippen molar-refractivity contribution in [2.24, 2.45) is 0 Å². The molecule has 0 unspecified atom stereocenters. The van der Waals surface area contributed by atoms with Crippen LogP contribution in [0.15, 0.2) is 18.2 Å². The van der Waals surface area contributed by atoms with Crippen LogP contribution in [0.3, 0.4) is 0 Å². The molecule has 1 aromatic carbocycles. The van der Waals surface area contributed by atoms with E-state index in [-0.39, 0.29) is 11.5 Å². The maximum atomic E-state index is 11.7. The largest absolute Gasteiger partial charge is 0.493 e. The molecule has 1 radical (unpaired) electrons. The van der Waals surface area contributed by atoms with Crippen LogP contribution in [-0.2, 0) is 0 Å². The second kappa shape index (κ2) is 3.90. The fourth-order valence-electron chi connectivity index (χ4n) is 0.758. The highest BCUT2D eigenvalue weighted by Crippen LogP contribution is 2.26.